The first-order chi connectivity index (χ1) is 20.8. The number of carboxylic acid groups (broad SMARTS) is 1. The van der Waals surface area contributed by atoms with E-state index in [9.17, 15) is 23.9 Å². The first-order valence-electron chi connectivity index (χ1n) is 14.4. The van der Waals surface area contributed by atoms with Crippen LogP contribution >= 0.6 is 11.6 Å². The smallest absolute Gasteiger partial charge is 0.404 e. The van der Waals surface area contributed by atoms with E-state index in [2.05, 4.69) is 16.0 Å². The summed E-state index contributed by atoms with van der Waals surface area (Å²) in [6.45, 7) is 2.10. The van der Waals surface area contributed by atoms with E-state index in [0.29, 0.717) is 56.2 Å². The van der Waals surface area contributed by atoms with Gasteiger partial charge in [-0.25, -0.2) is 9.18 Å². The number of hydrogen-bond donors (Lipinski definition) is 4. The van der Waals surface area contributed by atoms with Crippen LogP contribution in [0.4, 0.5) is 9.18 Å². The first-order valence-corrected chi connectivity index (χ1v) is 14.8. The number of benzene rings is 3. The van der Waals surface area contributed by atoms with Crippen LogP contribution in [0.2, 0.25) is 5.02 Å². The molecule has 2 aliphatic rings. The van der Waals surface area contributed by atoms with Gasteiger partial charge in [-0.15, -0.1) is 0 Å². The lowest BCUT2D eigenvalue weighted by molar-refractivity contribution is -0.138. The molecule has 11 heteroatoms. The molecule has 3 aromatic carbocycles. The number of halogens is 2. The number of fused-ring (bicyclic) bond motifs is 1. The lowest BCUT2D eigenvalue weighted by atomic mass is 9.95. The Labute approximate surface area is 255 Å². The summed E-state index contributed by atoms with van der Waals surface area (Å²) in [5, 5.41) is 18.4. The van der Waals surface area contributed by atoms with Gasteiger partial charge in [0.25, 0.3) is 0 Å². The van der Waals surface area contributed by atoms with Gasteiger partial charge in [0.2, 0.25) is 11.8 Å². The fourth-order valence-electron chi connectivity index (χ4n) is 5.81. The molecule has 43 heavy (non-hydrogen) atoms. The number of nitrogens with zero attached hydrogens (tertiary/aromatic N) is 2. The average Bonchev–Trinajstić information content (AvgIpc) is 3.02. The molecule has 2 aliphatic heterocycles. The molecule has 1 fully saturated rings. The minimum atomic E-state index is -1.19. The quantitative estimate of drug-likeness (QED) is 0.297. The number of amides is 3. The van der Waals surface area contributed by atoms with Gasteiger partial charge in [0.05, 0.1) is 12.1 Å². The van der Waals surface area contributed by atoms with E-state index in [4.69, 9.17) is 11.6 Å². The largest absolute Gasteiger partial charge is 0.465 e. The van der Waals surface area contributed by atoms with E-state index >= 15 is 0 Å². The van der Waals surface area contributed by atoms with Crippen LogP contribution in [-0.4, -0.2) is 77.6 Å². The Kier molecular flexibility index (Phi) is 9.91. The molecule has 9 nitrogen and oxygen atoms in total. The molecule has 3 atom stereocenters. The number of carbonyl (C=O) groups excluding carboxylic acids is 2. The van der Waals surface area contributed by atoms with Crippen LogP contribution in [0.3, 0.4) is 0 Å². The molecular weight excluding hydrogens is 573 g/mol. The molecule has 3 unspecified atom stereocenters. The van der Waals surface area contributed by atoms with Crippen molar-refractivity contribution in [1.82, 2.24) is 25.8 Å². The van der Waals surface area contributed by atoms with Gasteiger partial charge in [0.1, 0.15) is 11.9 Å². The monoisotopic (exact) mass is 607 g/mol. The molecule has 0 saturated carbocycles. The Morgan fingerprint density at radius 2 is 1.63 bits per heavy atom. The third-order valence-corrected chi connectivity index (χ3v) is 8.40. The maximum Gasteiger partial charge on any atom is 0.404 e. The highest BCUT2D eigenvalue weighted by Gasteiger charge is 2.34. The molecule has 0 aliphatic carbocycles. The molecule has 0 bridgehead atoms. The van der Waals surface area contributed by atoms with Crippen molar-refractivity contribution in [2.24, 2.45) is 0 Å². The normalized spacial score (nSPS) is 18.3. The summed E-state index contributed by atoms with van der Waals surface area (Å²) in [6.07, 6.45) is -0.359. The number of piperazine rings is 1. The Bertz CT molecular complexity index is 1450. The van der Waals surface area contributed by atoms with Gasteiger partial charge in [-0.05, 0) is 41.3 Å². The maximum absolute atomic E-state index is 14.7. The molecule has 4 N–H and O–H groups in total. The molecule has 1 saturated heterocycles. The fourth-order valence-corrected chi connectivity index (χ4v) is 5.93. The third kappa shape index (κ3) is 7.70. The van der Waals surface area contributed by atoms with Gasteiger partial charge in [-0.3, -0.25) is 14.5 Å². The highest BCUT2D eigenvalue weighted by Crippen LogP contribution is 2.25. The Hall–Kier alpha value is -3.99. The predicted octanol–water partition coefficient (Wildman–Crippen LogP) is 3.37. The molecule has 0 aromatic heterocycles. The van der Waals surface area contributed by atoms with Crippen molar-refractivity contribution in [2.45, 2.75) is 37.5 Å². The molecule has 226 valence electrons. The van der Waals surface area contributed by atoms with Gasteiger partial charge in [-0.1, -0.05) is 66.2 Å². The van der Waals surface area contributed by atoms with Crippen LogP contribution in [0.5, 0.6) is 0 Å². The molecule has 3 aromatic rings. The van der Waals surface area contributed by atoms with Crippen LogP contribution in [0.25, 0.3) is 0 Å². The molecular formula is C32H35ClFN5O4. The van der Waals surface area contributed by atoms with Gasteiger partial charge >= 0.3 is 6.09 Å². The van der Waals surface area contributed by atoms with E-state index in [1.165, 1.54) is 6.07 Å². The lowest BCUT2D eigenvalue weighted by Crippen LogP contribution is -2.58. The van der Waals surface area contributed by atoms with Crippen LogP contribution in [0.15, 0.2) is 72.8 Å². The summed E-state index contributed by atoms with van der Waals surface area (Å²) in [4.78, 5) is 42.3. The van der Waals surface area contributed by atoms with Gasteiger partial charge in [0.15, 0.2) is 0 Å². The van der Waals surface area contributed by atoms with Crippen molar-refractivity contribution in [2.75, 3.05) is 32.7 Å². The van der Waals surface area contributed by atoms with Crippen molar-refractivity contribution in [1.29, 1.82) is 0 Å². The molecule has 0 radical (unpaired) electrons. The summed E-state index contributed by atoms with van der Waals surface area (Å²) >= 11 is 6.07. The molecule has 5 rings (SSSR count). The Balaban J connectivity index is 1.28. The second-order valence-corrected chi connectivity index (χ2v) is 11.3. The molecule has 0 spiro atoms. The summed E-state index contributed by atoms with van der Waals surface area (Å²) in [5.74, 6) is -0.854. The van der Waals surface area contributed by atoms with Crippen LogP contribution < -0.4 is 16.0 Å². The summed E-state index contributed by atoms with van der Waals surface area (Å²) in [7, 11) is 0. The lowest BCUT2D eigenvalue weighted by Gasteiger charge is -2.40. The van der Waals surface area contributed by atoms with Gasteiger partial charge in [-0.2, -0.15) is 0 Å². The zero-order chi connectivity index (χ0) is 30.3. The fraction of sp³-hybridized carbons (Fsp3) is 0.344. The van der Waals surface area contributed by atoms with E-state index in [-0.39, 0.29) is 18.4 Å². The second-order valence-electron chi connectivity index (χ2n) is 10.9. The van der Waals surface area contributed by atoms with E-state index in [0.717, 1.165) is 16.7 Å². The van der Waals surface area contributed by atoms with Crippen molar-refractivity contribution in [3.05, 3.63) is 106 Å². The zero-order valence-electron chi connectivity index (χ0n) is 23.6. The highest BCUT2D eigenvalue weighted by molar-refractivity contribution is 6.30. The highest BCUT2D eigenvalue weighted by atomic mass is 35.5. The van der Waals surface area contributed by atoms with Gasteiger partial charge in [0, 0.05) is 56.3 Å². The maximum atomic E-state index is 14.7. The summed E-state index contributed by atoms with van der Waals surface area (Å²) in [5.41, 5.74) is 3.53. The van der Waals surface area contributed by atoms with E-state index in [1.807, 2.05) is 41.3 Å². The Morgan fingerprint density at radius 1 is 0.953 bits per heavy atom. The SMILES string of the molecule is O=C(O)NCC(c1ccccc1F)N1CCN(C(=O)C(Cc2ccc(Cl)cc2)NC(=O)C2Cc3ccccc3CN2)CC1. The molecule has 3 amide bonds. The topological polar surface area (TPSA) is 114 Å². The Morgan fingerprint density at radius 3 is 2.33 bits per heavy atom. The van der Waals surface area contributed by atoms with E-state index < -0.39 is 30.0 Å². The van der Waals surface area contributed by atoms with E-state index in [1.54, 1.807) is 35.2 Å². The van der Waals surface area contributed by atoms with Crippen LogP contribution in [-0.2, 0) is 29.0 Å². The third-order valence-electron chi connectivity index (χ3n) is 8.14. The van der Waals surface area contributed by atoms with Crippen molar-refractivity contribution >= 4 is 29.5 Å². The van der Waals surface area contributed by atoms with Crippen molar-refractivity contribution in [3.63, 3.8) is 0 Å². The number of nitrogens with one attached hydrogen (secondary N) is 3. The molecule has 2 heterocycles. The standard InChI is InChI=1S/C32H35ClFN5O4/c33-24-11-9-21(10-12-24)17-28(37-30(40)27-18-22-5-1-2-6-23(22)19-35-27)31(41)39-15-13-38(14-16-39)29(20-36-32(42)43)25-7-3-4-8-26(25)34/h1-12,27-29,35-36H,13-20H2,(H,37,40)(H,42,43). The minimum absolute atomic E-state index is 0.0109. The average molecular weight is 608 g/mol. The zero-order valence-corrected chi connectivity index (χ0v) is 24.4. The minimum Gasteiger partial charge on any atom is -0.465 e. The van der Waals surface area contributed by atoms with Crippen molar-refractivity contribution in [3.8, 4) is 0 Å². The number of hydrogen-bond acceptors (Lipinski definition) is 5. The van der Waals surface area contributed by atoms with Crippen molar-refractivity contribution < 1.29 is 23.9 Å². The number of carbonyl (C=O) groups is 3. The summed E-state index contributed by atoms with van der Waals surface area (Å²) in [6, 6.07) is 19.7. The second kappa shape index (κ2) is 14.0. The van der Waals surface area contributed by atoms with Crippen LogP contribution in [0, 0.1) is 5.82 Å². The van der Waals surface area contributed by atoms with Crippen LogP contribution in [0.1, 0.15) is 28.3 Å². The van der Waals surface area contributed by atoms with Gasteiger partial charge < -0.3 is 26.0 Å². The summed E-state index contributed by atoms with van der Waals surface area (Å²) < 4.78 is 14.7. The predicted molar refractivity (Wildman–Crippen MR) is 161 cm³/mol. The number of rotatable bonds is 9. The first kappa shape index (κ1) is 30.5.